The number of rotatable bonds is 11. The summed E-state index contributed by atoms with van der Waals surface area (Å²) in [6, 6.07) is 0.253. The first-order valence-corrected chi connectivity index (χ1v) is 13.4. The number of aromatic nitrogens is 2. The van der Waals surface area contributed by atoms with Gasteiger partial charge in [-0.2, -0.15) is 5.10 Å². The Morgan fingerprint density at radius 1 is 1.20 bits per heavy atom. The molecule has 0 saturated heterocycles. The maximum atomic E-state index is 13.4. The Hall–Kier alpha value is -2.35. The van der Waals surface area contributed by atoms with Crippen LogP contribution in [0.25, 0.3) is 6.20 Å². The van der Waals surface area contributed by atoms with Crippen LogP contribution in [-0.2, 0) is 4.79 Å². The molecule has 4 aliphatic carbocycles. The molecule has 0 radical (unpaired) electrons. The first-order chi connectivity index (χ1) is 16.7. The zero-order chi connectivity index (χ0) is 25.2. The van der Waals surface area contributed by atoms with Gasteiger partial charge >= 0.3 is 0 Å². The van der Waals surface area contributed by atoms with Crippen LogP contribution in [0.15, 0.2) is 12.3 Å². The van der Waals surface area contributed by atoms with E-state index in [9.17, 15) is 9.59 Å². The highest BCUT2D eigenvalue weighted by molar-refractivity contribution is 5.96. The number of carbonyl (C=O) groups excluding carboxylic acids is 2. The fourth-order valence-electron chi connectivity index (χ4n) is 6.26. The number of hydrogen-bond acceptors (Lipinski definition) is 5. The minimum atomic E-state index is -0.751. The van der Waals surface area contributed by atoms with E-state index in [2.05, 4.69) is 29.6 Å². The van der Waals surface area contributed by atoms with Gasteiger partial charge < -0.3 is 21.1 Å². The summed E-state index contributed by atoms with van der Waals surface area (Å²) in [5.41, 5.74) is 5.22. The van der Waals surface area contributed by atoms with E-state index in [0.29, 0.717) is 48.9 Å². The van der Waals surface area contributed by atoms with E-state index in [0.717, 1.165) is 18.3 Å². The maximum absolute atomic E-state index is 13.4. The molecule has 4 aliphatic rings. The number of nitrogens with one attached hydrogen (secondary N) is 2. The highest BCUT2D eigenvalue weighted by Gasteiger charge is 2.48. The average Bonchev–Trinajstić information content (AvgIpc) is 3.21. The third-order valence-electron chi connectivity index (χ3n) is 7.96. The highest BCUT2D eigenvalue weighted by atomic mass is 16.5. The molecule has 0 aromatic carbocycles. The van der Waals surface area contributed by atoms with Crippen molar-refractivity contribution in [2.45, 2.75) is 72.3 Å². The van der Waals surface area contributed by atoms with Crippen LogP contribution in [0, 0.1) is 35.0 Å². The first-order valence-electron chi connectivity index (χ1n) is 13.4. The minimum absolute atomic E-state index is 0.0844. The predicted molar refractivity (Wildman–Crippen MR) is 137 cm³/mol. The van der Waals surface area contributed by atoms with E-state index < -0.39 is 5.41 Å². The molecule has 0 unspecified atom stereocenters. The molecule has 0 spiro atoms. The molecule has 4 saturated carbocycles. The number of nitrogens with zero attached hydrogens (tertiary/aromatic N) is 2. The highest BCUT2D eigenvalue weighted by Crippen LogP contribution is 2.53. The third kappa shape index (κ3) is 5.90. The van der Waals surface area contributed by atoms with Crippen LogP contribution >= 0.6 is 0 Å². The van der Waals surface area contributed by atoms with Gasteiger partial charge in [-0.05, 0) is 88.5 Å². The number of carbonyl (C=O) groups is 2. The zero-order valence-electron chi connectivity index (χ0n) is 21.8. The lowest BCUT2D eigenvalue weighted by Gasteiger charge is -2.54. The SMILES string of the molecule is CC(C)COc1c(C(=O)NC2C3CC4CC(C3)CC2C4)cnn1C=CC(C)(C)C(=O)NCCCN. The van der Waals surface area contributed by atoms with Crippen molar-refractivity contribution in [3.8, 4) is 5.88 Å². The summed E-state index contributed by atoms with van der Waals surface area (Å²) in [6.07, 6.45) is 12.2. The molecule has 5 rings (SSSR count). The van der Waals surface area contributed by atoms with Crippen molar-refractivity contribution in [2.24, 2.45) is 40.7 Å². The van der Waals surface area contributed by atoms with Gasteiger partial charge in [0.05, 0.1) is 18.2 Å². The number of hydrogen-bond donors (Lipinski definition) is 3. The largest absolute Gasteiger partial charge is 0.477 e. The molecule has 0 aliphatic heterocycles. The summed E-state index contributed by atoms with van der Waals surface area (Å²) in [5.74, 6) is 3.45. The van der Waals surface area contributed by atoms with Gasteiger partial charge in [0.2, 0.25) is 11.8 Å². The van der Waals surface area contributed by atoms with Crippen LogP contribution in [0.5, 0.6) is 5.88 Å². The summed E-state index contributed by atoms with van der Waals surface area (Å²) >= 11 is 0. The van der Waals surface area contributed by atoms with Gasteiger partial charge in [-0.3, -0.25) is 9.59 Å². The van der Waals surface area contributed by atoms with Crippen molar-refractivity contribution in [3.63, 3.8) is 0 Å². The Bertz CT molecular complexity index is 907. The quantitative estimate of drug-likeness (QED) is 0.416. The topological polar surface area (TPSA) is 111 Å². The fourth-order valence-corrected chi connectivity index (χ4v) is 6.26. The van der Waals surface area contributed by atoms with Crippen molar-refractivity contribution >= 4 is 18.0 Å². The Labute approximate surface area is 209 Å². The lowest BCUT2D eigenvalue weighted by molar-refractivity contribution is -0.127. The molecule has 1 aromatic rings. The van der Waals surface area contributed by atoms with Gasteiger partial charge in [-0.15, -0.1) is 0 Å². The van der Waals surface area contributed by atoms with Crippen LogP contribution in [-0.4, -0.2) is 47.3 Å². The molecule has 8 heteroatoms. The molecule has 1 aromatic heterocycles. The van der Waals surface area contributed by atoms with Crippen LogP contribution < -0.4 is 21.1 Å². The molecule has 8 nitrogen and oxygen atoms in total. The fraction of sp³-hybridized carbons (Fsp3) is 0.741. The van der Waals surface area contributed by atoms with Crippen molar-refractivity contribution in [3.05, 3.63) is 17.8 Å². The van der Waals surface area contributed by atoms with E-state index in [4.69, 9.17) is 10.5 Å². The standard InChI is InChI=1S/C27H43N5O3/c1-17(2)16-35-25-22(15-30-32(25)9-6-27(3,4)26(34)29-8-5-7-28)24(33)31-23-20-11-18-10-19(13-20)14-21(23)12-18/h6,9,15,17-21,23H,5,7-8,10-14,16,28H2,1-4H3,(H,29,34)(H,31,33). The molecule has 35 heavy (non-hydrogen) atoms. The second kappa shape index (κ2) is 10.7. The number of amides is 2. The third-order valence-corrected chi connectivity index (χ3v) is 7.96. The molecule has 0 atom stereocenters. The van der Waals surface area contributed by atoms with Crippen molar-refractivity contribution in [1.82, 2.24) is 20.4 Å². The van der Waals surface area contributed by atoms with E-state index in [1.54, 1.807) is 23.2 Å². The summed E-state index contributed by atoms with van der Waals surface area (Å²) < 4.78 is 7.65. The molecule has 194 valence electrons. The Morgan fingerprint density at radius 3 is 2.46 bits per heavy atom. The average molecular weight is 486 g/mol. The summed E-state index contributed by atoms with van der Waals surface area (Å²) in [6.45, 7) is 9.39. The van der Waals surface area contributed by atoms with Gasteiger partial charge in [0, 0.05) is 18.8 Å². The summed E-state index contributed by atoms with van der Waals surface area (Å²) in [7, 11) is 0. The Balaban J connectivity index is 1.49. The molecule has 4 N–H and O–H groups in total. The predicted octanol–water partition coefficient (Wildman–Crippen LogP) is 3.43. The van der Waals surface area contributed by atoms with Crippen LogP contribution in [0.2, 0.25) is 0 Å². The molecular formula is C27H43N5O3. The van der Waals surface area contributed by atoms with Gasteiger partial charge in [-0.1, -0.05) is 19.9 Å². The van der Waals surface area contributed by atoms with E-state index in [-0.39, 0.29) is 17.9 Å². The number of nitrogens with two attached hydrogens (primary N) is 1. The van der Waals surface area contributed by atoms with E-state index in [1.165, 1.54) is 32.1 Å². The first kappa shape index (κ1) is 25.7. The van der Waals surface area contributed by atoms with Crippen LogP contribution in [0.4, 0.5) is 0 Å². The Morgan fingerprint density at radius 2 is 1.86 bits per heavy atom. The van der Waals surface area contributed by atoms with E-state index in [1.807, 2.05) is 13.8 Å². The van der Waals surface area contributed by atoms with E-state index >= 15 is 0 Å². The normalized spacial score (nSPS) is 27.5. The minimum Gasteiger partial charge on any atom is -0.477 e. The second-order valence-electron chi connectivity index (χ2n) is 11.9. The molecule has 1 heterocycles. The molecule has 4 fully saturated rings. The smallest absolute Gasteiger partial charge is 0.258 e. The van der Waals surface area contributed by atoms with Gasteiger partial charge in [0.15, 0.2) is 0 Å². The summed E-state index contributed by atoms with van der Waals surface area (Å²) in [4.78, 5) is 26.0. The molecule has 2 amide bonds. The summed E-state index contributed by atoms with van der Waals surface area (Å²) in [5, 5.41) is 10.7. The van der Waals surface area contributed by atoms with Gasteiger partial charge in [0.25, 0.3) is 5.91 Å². The van der Waals surface area contributed by atoms with Crippen LogP contribution in [0.3, 0.4) is 0 Å². The van der Waals surface area contributed by atoms with Crippen LogP contribution in [0.1, 0.15) is 76.6 Å². The lowest BCUT2D eigenvalue weighted by Crippen LogP contribution is -2.55. The monoisotopic (exact) mass is 485 g/mol. The van der Waals surface area contributed by atoms with Crippen molar-refractivity contribution < 1.29 is 14.3 Å². The van der Waals surface area contributed by atoms with Crippen molar-refractivity contribution in [1.29, 1.82) is 0 Å². The maximum Gasteiger partial charge on any atom is 0.258 e. The van der Waals surface area contributed by atoms with Gasteiger partial charge in [-0.25, -0.2) is 4.68 Å². The zero-order valence-corrected chi connectivity index (χ0v) is 21.8. The van der Waals surface area contributed by atoms with Crippen molar-refractivity contribution in [2.75, 3.05) is 19.7 Å². The lowest BCUT2D eigenvalue weighted by atomic mass is 9.54. The molecule has 4 bridgehead atoms. The number of ether oxygens (including phenoxy) is 1. The Kier molecular flexibility index (Phi) is 7.89. The molecular weight excluding hydrogens is 442 g/mol. The second-order valence-corrected chi connectivity index (χ2v) is 11.9. The van der Waals surface area contributed by atoms with Gasteiger partial charge in [0.1, 0.15) is 5.56 Å².